The molecule has 0 amide bonds. The van der Waals surface area contributed by atoms with Crippen LogP contribution in [0.2, 0.25) is 0 Å². The van der Waals surface area contributed by atoms with Crippen LogP contribution in [0, 0.1) is 17.3 Å². The zero-order valence-corrected chi connectivity index (χ0v) is 9.29. The van der Waals surface area contributed by atoms with E-state index in [2.05, 4.69) is 13.5 Å². The van der Waals surface area contributed by atoms with Crippen LogP contribution in [0.25, 0.3) is 0 Å². The Labute approximate surface area is 90.7 Å². The van der Waals surface area contributed by atoms with E-state index in [1.54, 1.807) is 0 Å². The van der Waals surface area contributed by atoms with Gasteiger partial charge in [0.1, 0.15) is 11.6 Å². The normalized spacial score (nSPS) is 39.5. The standard InChI is InChI=1S/C13H18O2/c1-3-4-5-9-12-10(14)6-7-13(9,2)8-11(12)15/h3,9,12H,1,4-8H2,2H3/t9-,12-,13+/m0/s1. The first-order valence-corrected chi connectivity index (χ1v) is 5.75. The number of ketones is 2. The minimum absolute atomic E-state index is 0.0959. The lowest BCUT2D eigenvalue weighted by Gasteiger charge is -2.36. The summed E-state index contributed by atoms with van der Waals surface area (Å²) in [4.78, 5) is 23.5. The number of allylic oxidation sites excluding steroid dienone is 1. The molecule has 0 radical (unpaired) electrons. The summed E-state index contributed by atoms with van der Waals surface area (Å²) in [5, 5.41) is 0. The summed E-state index contributed by atoms with van der Waals surface area (Å²) in [6.45, 7) is 5.88. The van der Waals surface area contributed by atoms with Crippen LogP contribution in [0.15, 0.2) is 12.7 Å². The van der Waals surface area contributed by atoms with Gasteiger partial charge in [-0.2, -0.15) is 0 Å². The van der Waals surface area contributed by atoms with Crippen LogP contribution >= 0.6 is 0 Å². The van der Waals surface area contributed by atoms with Crippen LogP contribution in [0.3, 0.4) is 0 Å². The molecule has 0 heterocycles. The molecule has 2 aliphatic rings. The van der Waals surface area contributed by atoms with Gasteiger partial charge in [0.15, 0.2) is 0 Å². The molecule has 0 aromatic rings. The molecule has 0 N–H and O–H groups in total. The Morgan fingerprint density at radius 3 is 2.87 bits per heavy atom. The fourth-order valence-corrected chi connectivity index (χ4v) is 3.32. The van der Waals surface area contributed by atoms with Crippen LogP contribution < -0.4 is 0 Å². The molecule has 0 unspecified atom stereocenters. The topological polar surface area (TPSA) is 34.1 Å². The van der Waals surface area contributed by atoms with E-state index >= 15 is 0 Å². The Morgan fingerprint density at radius 2 is 2.20 bits per heavy atom. The van der Waals surface area contributed by atoms with E-state index < -0.39 is 0 Å². The van der Waals surface area contributed by atoms with E-state index in [-0.39, 0.29) is 28.8 Å². The highest BCUT2D eigenvalue weighted by Gasteiger charge is 2.55. The zero-order valence-electron chi connectivity index (χ0n) is 9.29. The molecule has 2 nitrogen and oxygen atoms in total. The van der Waals surface area contributed by atoms with Crippen LogP contribution in [-0.2, 0) is 9.59 Å². The fourth-order valence-electron chi connectivity index (χ4n) is 3.32. The first-order valence-electron chi connectivity index (χ1n) is 5.75. The van der Waals surface area contributed by atoms with Crippen molar-refractivity contribution < 1.29 is 9.59 Å². The SMILES string of the molecule is C=CCC[C@H]1[C@H]2C(=O)CC[C@]1(C)CC2=O. The Balaban J connectivity index is 2.24. The van der Waals surface area contributed by atoms with Crippen molar-refractivity contribution in [3.05, 3.63) is 12.7 Å². The number of carbonyl (C=O) groups is 2. The van der Waals surface area contributed by atoms with E-state index in [4.69, 9.17) is 0 Å². The summed E-state index contributed by atoms with van der Waals surface area (Å²) in [5.41, 5.74) is 0.0959. The second-order valence-electron chi connectivity index (χ2n) is 5.21. The Morgan fingerprint density at radius 1 is 1.47 bits per heavy atom. The Bertz CT molecular complexity index is 318. The van der Waals surface area contributed by atoms with Gasteiger partial charge in [-0.25, -0.2) is 0 Å². The lowest BCUT2D eigenvalue weighted by molar-refractivity contribution is -0.133. The Kier molecular flexibility index (Phi) is 2.53. The smallest absolute Gasteiger partial charge is 0.144 e. The minimum atomic E-state index is -0.274. The lowest BCUT2D eigenvalue weighted by atomic mass is 9.66. The Hall–Kier alpha value is -0.920. The molecule has 3 atom stereocenters. The third-order valence-corrected chi connectivity index (χ3v) is 4.19. The minimum Gasteiger partial charge on any atom is -0.299 e. The van der Waals surface area contributed by atoms with Crippen molar-refractivity contribution in [2.45, 2.75) is 39.0 Å². The summed E-state index contributed by atoms with van der Waals surface area (Å²) in [5.74, 6) is 0.381. The number of fused-ring (bicyclic) bond motifs is 2. The highest BCUT2D eigenvalue weighted by atomic mass is 16.2. The van der Waals surface area contributed by atoms with Gasteiger partial charge >= 0.3 is 0 Å². The maximum atomic E-state index is 11.8. The van der Waals surface area contributed by atoms with Crippen molar-refractivity contribution in [2.24, 2.45) is 17.3 Å². The maximum Gasteiger partial charge on any atom is 0.144 e. The van der Waals surface area contributed by atoms with Crippen LogP contribution in [0.4, 0.5) is 0 Å². The van der Waals surface area contributed by atoms with Gasteiger partial charge in [0, 0.05) is 12.8 Å². The molecule has 2 rings (SSSR count). The molecule has 2 bridgehead atoms. The van der Waals surface area contributed by atoms with Crippen molar-refractivity contribution in [1.29, 1.82) is 0 Å². The van der Waals surface area contributed by atoms with Crippen molar-refractivity contribution >= 4 is 11.6 Å². The average molecular weight is 206 g/mol. The predicted molar refractivity (Wildman–Crippen MR) is 58.4 cm³/mol. The van der Waals surface area contributed by atoms with Gasteiger partial charge in [-0.1, -0.05) is 13.0 Å². The molecule has 15 heavy (non-hydrogen) atoms. The fraction of sp³-hybridized carbons (Fsp3) is 0.692. The van der Waals surface area contributed by atoms with Crippen LogP contribution in [-0.4, -0.2) is 11.6 Å². The largest absolute Gasteiger partial charge is 0.299 e. The molecule has 2 fully saturated rings. The summed E-state index contributed by atoms with van der Waals surface area (Å²) >= 11 is 0. The van der Waals surface area contributed by atoms with E-state index in [9.17, 15) is 9.59 Å². The first kappa shape index (κ1) is 10.6. The molecule has 0 aromatic heterocycles. The first-order chi connectivity index (χ1) is 7.08. The van der Waals surface area contributed by atoms with Crippen molar-refractivity contribution in [3.63, 3.8) is 0 Å². The zero-order chi connectivity index (χ0) is 11.1. The van der Waals surface area contributed by atoms with Gasteiger partial charge < -0.3 is 0 Å². The molecule has 2 heteroatoms. The number of hydrogen-bond acceptors (Lipinski definition) is 2. The summed E-state index contributed by atoms with van der Waals surface area (Å²) in [6, 6.07) is 0. The second-order valence-corrected chi connectivity index (χ2v) is 5.21. The molecule has 2 aliphatic carbocycles. The summed E-state index contributed by atoms with van der Waals surface area (Å²) in [7, 11) is 0. The van der Waals surface area contributed by atoms with E-state index in [1.165, 1.54) is 0 Å². The third kappa shape index (κ3) is 1.56. The number of Topliss-reactive ketones (excluding diaryl/α,β-unsaturated/α-hetero) is 2. The van der Waals surface area contributed by atoms with Gasteiger partial charge in [0.25, 0.3) is 0 Å². The number of rotatable bonds is 3. The van der Waals surface area contributed by atoms with Crippen molar-refractivity contribution in [1.82, 2.24) is 0 Å². The lowest BCUT2D eigenvalue weighted by Crippen LogP contribution is -2.35. The third-order valence-electron chi connectivity index (χ3n) is 4.19. The van der Waals surface area contributed by atoms with Gasteiger partial charge in [0.05, 0.1) is 5.92 Å². The second kappa shape index (κ2) is 3.58. The molecule has 0 saturated heterocycles. The monoisotopic (exact) mass is 206 g/mol. The highest BCUT2D eigenvalue weighted by molar-refractivity contribution is 6.05. The van der Waals surface area contributed by atoms with Gasteiger partial charge in [-0.15, -0.1) is 6.58 Å². The van der Waals surface area contributed by atoms with Gasteiger partial charge in [-0.05, 0) is 30.6 Å². The maximum absolute atomic E-state index is 11.8. The number of hydrogen-bond donors (Lipinski definition) is 0. The van der Waals surface area contributed by atoms with E-state index in [1.807, 2.05) is 6.08 Å². The van der Waals surface area contributed by atoms with Gasteiger partial charge in [0.2, 0.25) is 0 Å². The molecular formula is C13H18O2. The van der Waals surface area contributed by atoms with E-state index in [0.29, 0.717) is 12.8 Å². The van der Waals surface area contributed by atoms with Crippen molar-refractivity contribution in [3.8, 4) is 0 Å². The summed E-state index contributed by atoms with van der Waals surface area (Å²) < 4.78 is 0. The summed E-state index contributed by atoms with van der Waals surface area (Å²) in [6.07, 6.45) is 5.87. The molecule has 82 valence electrons. The molecule has 2 saturated carbocycles. The predicted octanol–water partition coefficient (Wildman–Crippen LogP) is 2.53. The number of carbonyl (C=O) groups excluding carboxylic acids is 2. The molecular weight excluding hydrogens is 188 g/mol. The van der Waals surface area contributed by atoms with Gasteiger partial charge in [-0.3, -0.25) is 9.59 Å². The molecule has 0 aromatic carbocycles. The molecule has 0 aliphatic heterocycles. The van der Waals surface area contributed by atoms with Crippen LogP contribution in [0.1, 0.15) is 39.0 Å². The average Bonchev–Trinajstić information content (AvgIpc) is 2.37. The van der Waals surface area contributed by atoms with E-state index in [0.717, 1.165) is 19.3 Å². The molecule has 0 spiro atoms. The van der Waals surface area contributed by atoms with Crippen LogP contribution in [0.5, 0.6) is 0 Å². The highest BCUT2D eigenvalue weighted by Crippen LogP contribution is 2.53. The van der Waals surface area contributed by atoms with Crippen molar-refractivity contribution in [2.75, 3.05) is 0 Å². The quantitative estimate of drug-likeness (QED) is 0.525.